The molecule has 23 heavy (non-hydrogen) atoms. The number of thiophene rings is 1. The highest BCUT2D eigenvalue weighted by atomic mass is 32.1. The normalized spacial score (nSPS) is 10.7. The highest BCUT2D eigenvalue weighted by molar-refractivity contribution is 7.15. The van der Waals surface area contributed by atoms with Gasteiger partial charge in [-0.1, -0.05) is 35.9 Å². The molecule has 1 amide bonds. The molecule has 5 heteroatoms. The van der Waals surface area contributed by atoms with Gasteiger partial charge >= 0.3 is 0 Å². The molecule has 0 aliphatic carbocycles. The fraction of sp³-hybridized carbons (Fsp3) is 0.222. The Morgan fingerprint density at radius 3 is 2.65 bits per heavy atom. The first-order chi connectivity index (χ1) is 11.1. The molecule has 3 nitrogen and oxygen atoms in total. The van der Waals surface area contributed by atoms with Crippen LogP contribution in [0.1, 0.15) is 21.0 Å². The monoisotopic (exact) mass is 342 g/mol. The molecule has 0 spiro atoms. The smallest absolute Gasteiger partial charge is 0.225 e. The second-order valence-corrected chi connectivity index (χ2v) is 7.66. The average molecular weight is 342 g/mol. The van der Waals surface area contributed by atoms with Crippen molar-refractivity contribution in [2.45, 2.75) is 26.8 Å². The van der Waals surface area contributed by atoms with Gasteiger partial charge in [0.05, 0.1) is 22.0 Å². The lowest BCUT2D eigenvalue weighted by Crippen LogP contribution is -2.24. The van der Waals surface area contributed by atoms with Gasteiger partial charge in [-0.2, -0.15) is 0 Å². The van der Waals surface area contributed by atoms with E-state index in [1.54, 1.807) is 22.7 Å². The van der Waals surface area contributed by atoms with Gasteiger partial charge in [-0.3, -0.25) is 4.79 Å². The topological polar surface area (TPSA) is 42.0 Å². The maximum Gasteiger partial charge on any atom is 0.225 e. The van der Waals surface area contributed by atoms with E-state index in [4.69, 9.17) is 0 Å². The van der Waals surface area contributed by atoms with Crippen LogP contribution in [0.15, 0.2) is 41.8 Å². The van der Waals surface area contributed by atoms with Crippen molar-refractivity contribution in [2.75, 3.05) is 0 Å². The van der Waals surface area contributed by atoms with E-state index in [1.807, 2.05) is 36.6 Å². The molecule has 3 aromatic rings. The van der Waals surface area contributed by atoms with Crippen molar-refractivity contribution in [1.29, 1.82) is 0 Å². The number of rotatable bonds is 5. The Balaban J connectivity index is 1.65. The minimum atomic E-state index is 0.0343. The van der Waals surface area contributed by atoms with Crippen LogP contribution in [0.25, 0.3) is 10.6 Å². The van der Waals surface area contributed by atoms with E-state index in [0.717, 1.165) is 26.0 Å². The van der Waals surface area contributed by atoms with Gasteiger partial charge in [0.2, 0.25) is 5.91 Å². The predicted octanol–water partition coefficient (Wildman–Crippen LogP) is 4.35. The molecule has 1 N–H and O–H groups in total. The van der Waals surface area contributed by atoms with Crippen molar-refractivity contribution < 1.29 is 4.79 Å². The number of hydrogen-bond donors (Lipinski definition) is 1. The molecule has 0 radical (unpaired) electrons. The van der Waals surface area contributed by atoms with Gasteiger partial charge in [-0.25, -0.2) is 4.98 Å². The minimum Gasteiger partial charge on any atom is -0.352 e. The van der Waals surface area contributed by atoms with E-state index in [-0.39, 0.29) is 5.91 Å². The van der Waals surface area contributed by atoms with Crippen LogP contribution in [0.4, 0.5) is 0 Å². The van der Waals surface area contributed by atoms with Crippen LogP contribution in [-0.2, 0) is 17.8 Å². The molecule has 2 heterocycles. The van der Waals surface area contributed by atoms with Crippen LogP contribution in [0.5, 0.6) is 0 Å². The van der Waals surface area contributed by atoms with Crippen molar-refractivity contribution in [3.05, 3.63) is 62.8 Å². The number of carbonyl (C=O) groups excluding carboxylic acids is 1. The first kappa shape index (κ1) is 15.9. The molecular formula is C18H18N2OS2. The van der Waals surface area contributed by atoms with Crippen molar-refractivity contribution in [1.82, 2.24) is 10.3 Å². The number of carbonyl (C=O) groups is 1. The zero-order valence-electron chi connectivity index (χ0n) is 13.1. The SMILES string of the molecule is Cc1ccc(CNC(=O)Cc2sc(C)nc2-c2cccs2)cc1. The molecule has 0 atom stereocenters. The summed E-state index contributed by atoms with van der Waals surface area (Å²) in [4.78, 5) is 19.0. The molecule has 0 saturated heterocycles. The van der Waals surface area contributed by atoms with Crippen LogP contribution < -0.4 is 5.32 Å². The number of amides is 1. The summed E-state index contributed by atoms with van der Waals surface area (Å²) in [6.45, 7) is 4.60. The molecule has 1 aromatic carbocycles. The Morgan fingerprint density at radius 2 is 1.96 bits per heavy atom. The van der Waals surface area contributed by atoms with Gasteiger partial charge < -0.3 is 5.32 Å². The molecule has 0 fully saturated rings. The fourth-order valence-electron chi connectivity index (χ4n) is 2.31. The first-order valence-electron chi connectivity index (χ1n) is 7.44. The van der Waals surface area contributed by atoms with Gasteiger partial charge in [0.25, 0.3) is 0 Å². The van der Waals surface area contributed by atoms with E-state index >= 15 is 0 Å². The molecule has 118 valence electrons. The van der Waals surface area contributed by atoms with Crippen molar-refractivity contribution in [3.8, 4) is 10.6 Å². The van der Waals surface area contributed by atoms with Gasteiger partial charge in [0.1, 0.15) is 0 Å². The number of nitrogens with one attached hydrogen (secondary N) is 1. The summed E-state index contributed by atoms with van der Waals surface area (Å²) in [7, 11) is 0. The zero-order chi connectivity index (χ0) is 16.2. The molecule has 0 aliphatic rings. The van der Waals surface area contributed by atoms with Crippen molar-refractivity contribution in [2.24, 2.45) is 0 Å². The van der Waals surface area contributed by atoms with E-state index in [9.17, 15) is 4.79 Å². The quantitative estimate of drug-likeness (QED) is 0.749. The van der Waals surface area contributed by atoms with E-state index < -0.39 is 0 Å². The van der Waals surface area contributed by atoms with Gasteiger partial charge in [0.15, 0.2) is 0 Å². The molecule has 2 aromatic heterocycles. The Hall–Kier alpha value is -1.98. The third-order valence-electron chi connectivity index (χ3n) is 3.49. The third kappa shape index (κ3) is 4.06. The van der Waals surface area contributed by atoms with E-state index in [1.165, 1.54) is 5.56 Å². The maximum absolute atomic E-state index is 12.3. The number of aryl methyl sites for hydroxylation is 2. The standard InChI is InChI=1S/C18H18N2OS2/c1-12-5-7-14(8-6-12)11-19-17(21)10-16-18(20-13(2)23-16)15-4-3-9-22-15/h3-9H,10-11H2,1-2H3,(H,19,21). The molecule has 0 bridgehead atoms. The minimum absolute atomic E-state index is 0.0343. The Labute approximate surface area is 144 Å². The van der Waals surface area contributed by atoms with Crippen LogP contribution in [-0.4, -0.2) is 10.9 Å². The van der Waals surface area contributed by atoms with Crippen LogP contribution in [0, 0.1) is 13.8 Å². The third-order valence-corrected chi connectivity index (χ3v) is 5.34. The average Bonchev–Trinajstić information content (AvgIpc) is 3.16. The second-order valence-electron chi connectivity index (χ2n) is 5.42. The van der Waals surface area contributed by atoms with Crippen LogP contribution >= 0.6 is 22.7 Å². The lowest BCUT2D eigenvalue weighted by atomic mass is 10.1. The van der Waals surface area contributed by atoms with Gasteiger partial charge in [-0.15, -0.1) is 22.7 Å². The molecule has 0 saturated carbocycles. The summed E-state index contributed by atoms with van der Waals surface area (Å²) in [5, 5.41) is 6.02. The summed E-state index contributed by atoms with van der Waals surface area (Å²) in [5.41, 5.74) is 3.29. The Bertz CT molecular complexity index is 789. The number of benzene rings is 1. The zero-order valence-corrected chi connectivity index (χ0v) is 14.8. The Morgan fingerprint density at radius 1 is 1.17 bits per heavy atom. The molecule has 0 unspecified atom stereocenters. The van der Waals surface area contributed by atoms with Crippen molar-refractivity contribution >= 4 is 28.6 Å². The predicted molar refractivity (Wildman–Crippen MR) is 96.9 cm³/mol. The van der Waals surface area contributed by atoms with Crippen LogP contribution in [0.2, 0.25) is 0 Å². The van der Waals surface area contributed by atoms with Crippen molar-refractivity contribution in [3.63, 3.8) is 0 Å². The van der Waals surface area contributed by atoms with Crippen LogP contribution in [0.3, 0.4) is 0 Å². The molecule has 3 rings (SSSR count). The number of hydrogen-bond acceptors (Lipinski definition) is 4. The lowest BCUT2D eigenvalue weighted by Gasteiger charge is -2.05. The number of aromatic nitrogens is 1. The largest absolute Gasteiger partial charge is 0.352 e. The van der Waals surface area contributed by atoms with Gasteiger partial charge in [0, 0.05) is 11.4 Å². The fourth-order valence-corrected chi connectivity index (χ4v) is 4.06. The lowest BCUT2D eigenvalue weighted by molar-refractivity contribution is -0.120. The highest BCUT2D eigenvalue weighted by Gasteiger charge is 2.15. The summed E-state index contributed by atoms with van der Waals surface area (Å²) in [6.07, 6.45) is 0.380. The summed E-state index contributed by atoms with van der Waals surface area (Å²) in [6, 6.07) is 12.3. The number of thiazole rings is 1. The number of nitrogens with zero attached hydrogens (tertiary/aromatic N) is 1. The highest BCUT2D eigenvalue weighted by Crippen LogP contribution is 2.31. The molecular weight excluding hydrogens is 324 g/mol. The van der Waals surface area contributed by atoms with E-state index in [2.05, 4.69) is 29.4 Å². The van der Waals surface area contributed by atoms with E-state index in [0.29, 0.717) is 13.0 Å². The molecule has 0 aliphatic heterocycles. The summed E-state index contributed by atoms with van der Waals surface area (Å²) >= 11 is 3.25. The maximum atomic E-state index is 12.3. The summed E-state index contributed by atoms with van der Waals surface area (Å²) in [5.74, 6) is 0.0343. The second kappa shape index (κ2) is 7.06. The Kier molecular flexibility index (Phi) is 4.88. The van der Waals surface area contributed by atoms with Gasteiger partial charge in [-0.05, 0) is 30.9 Å². The first-order valence-corrected chi connectivity index (χ1v) is 9.14. The summed E-state index contributed by atoms with van der Waals surface area (Å²) < 4.78 is 0.